The van der Waals surface area contributed by atoms with Crippen LogP contribution in [0.3, 0.4) is 0 Å². The van der Waals surface area contributed by atoms with Gasteiger partial charge in [0.25, 0.3) is 0 Å². The topological polar surface area (TPSA) is 32.8 Å². The van der Waals surface area contributed by atoms with Crippen molar-refractivity contribution in [2.45, 2.75) is 25.7 Å². The van der Waals surface area contributed by atoms with Crippen LogP contribution >= 0.6 is 11.3 Å². The normalized spacial score (nSPS) is 14.6. The number of hydrogen-bond acceptors (Lipinski definition) is 4. The van der Waals surface area contributed by atoms with Crippen molar-refractivity contribution in [1.29, 1.82) is 0 Å². The number of piperazine rings is 1. The van der Waals surface area contributed by atoms with Gasteiger partial charge in [0, 0.05) is 37.5 Å². The number of benzene rings is 1. The number of carbonyl (C=O) groups excluding carboxylic acids is 1. The highest BCUT2D eigenvalue weighted by Gasteiger charge is 2.22. The molecule has 1 amide bonds. The Kier molecular flexibility index (Phi) is 6.34. The van der Waals surface area contributed by atoms with E-state index in [1.54, 1.807) is 18.4 Å². The van der Waals surface area contributed by atoms with Gasteiger partial charge < -0.3 is 14.5 Å². The molecule has 0 atom stereocenters. The molecule has 0 spiro atoms. The smallest absolute Gasteiger partial charge is 0.222 e. The fourth-order valence-corrected chi connectivity index (χ4v) is 4.03. The molecule has 1 fully saturated rings. The predicted octanol–water partition coefficient (Wildman–Crippen LogP) is 3.82. The lowest BCUT2D eigenvalue weighted by Gasteiger charge is -2.36. The van der Waals surface area contributed by atoms with Crippen LogP contribution in [0.25, 0.3) is 0 Å². The van der Waals surface area contributed by atoms with Crippen molar-refractivity contribution >= 4 is 22.9 Å². The molecule has 1 saturated heterocycles. The summed E-state index contributed by atoms with van der Waals surface area (Å²) in [6, 6.07) is 12.3. The van der Waals surface area contributed by atoms with Crippen LogP contribution in [0.4, 0.5) is 5.69 Å². The summed E-state index contributed by atoms with van der Waals surface area (Å²) in [6.07, 6.45) is 3.82. The molecule has 134 valence electrons. The maximum absolute atomic E-state index is 12.4. The molecule has 4 nitrogen and oxygen atoms in total. The second kappa shape index (κ2) is 8.90. The molecule has 0 bridgehead atoms. The zero-order valence-electron chi connectivity index (χ0n) is 14.8. The van der Waals surface area contributed by atoms with E-state index in [-0.39, 0.29) is 0 Å². The van der Waals surface area contributed by atoms with Crippen molar-refractivity contribution in [3.05, 3.63) is 46.7 Å². The lowest BCUT2D eigenvalue weighted by atomic mass is 10.1. The second-order valence-corrected chi connectivity index (χ2v) is 7.36. The molecule has 0 radical (unpaired) electrons. The summed E-state index contributed by atoms with van der Waals surface area (Å²) in [5.41, 5.74) is 1.12. The number of anilines is 1. The maximum atomic E-state index is 12.4. The number of hydrogen-bond donors (Lipinski definition) is 0. The number of thiophene rings is 1. The summed E-state index contributed by atoms with van der Waals surface area (Å²) in [5.74, 6) is 1.20. The van der Waals surface area contributed by atoms with Gasteiger partial charge in [-0.05, 0) is 42.8 Å². The van der Waals surface area contributed by atoms with E-state index in [1.165, 1.54) is 4.88 Å². The SMILES string of the molecule is COc1ccccc1N1CCN(C(=O)CCCCc2cccs2)CC1. The Morgan fingerprint density at radius 3 is 2.60 bits per heavy atom. The minimum Gasteiger partial charge on any atom is -0.495 e. The minimum absolute atomic E-state index is 0.297. The van der Waals surface area contributed by atoms with Gasteiger partial charge in [-0.2, -0.15) is 0 Å². The first kappa shape index (κ1) is 17.8. The van der Waals surface area contributed by atoms with Crippen molar-refractivity contribution in [2.75, 3.05) is 38.2 Å². The first-order valence-electron chi connectivity index (χ1n) is 8.96. The van der Waals surface area contributed by atoms with E-state index in [9.17, 15) is 4.79 Å². The largest absolute Gasteiger partial charge is 0.495 e. The summed E-state index contributed by atoms with van der Waals surface area (Å²) in [6.45, 7) is 3.31. The third-order valence-electron chi connectivity index (χ3n) is 4.70. The van der Waals surface area contributed by atoms with Crippen LogP contribution in [0.15, 0.2) is 41.8 Å². The molecule has 3 rings (SSSR count). The van der Waals surface area contributed by atoms with Crippen molar-refractivity contribution in [3.8, 4) is 5.75 Å². The number of ether oxygens (including phenoxy) is 1. The average Bonchev–Trinajstić information content (AvgIpc) is 3.18. The van der Waals surface area contributed by atoms with E-state index >= 15 is 0 Å². The molecular formula is C20H26N2O2S. The molecule has 2 aromatic rings. The minimum atomic E-state index is 0.297. The molecule has 0 unspecified atom stereocenters. The van der Waals surface area contributed by atoms with Crippen LogP contribution in [-0.4, -0.2) is 44.1 Å². The fourth-order valence-electron chi connectivity index (χ4n) is 3.28. The molecule has 5 heteroatoms. The molecule has 0 aliphatic carbocycles. The third kappa shape index (κ3) is 4.75. The Hall–Kier alpha value is -2.01. The van der Waals surface area contributed by atoms with Crippen LogP contribution < -0.4 is 9.64 Å². The lowest BCUT2D eigenvalue weighted by molar-refractivity contribution is -0.131. The van der Waals surface area contributed by atoms with Crippen molar-refractivity contribution in [1.82, 2.24) is 4.90 Å². The van der Waals surface area contributed by atoms with Gasteiger partial charge in [0.05, 0.1) is 12.8 Å². The summed E-state index contributed by atoms with van der Waals surface area (Å²) < 4.78 is 5.45. The van der Waals surface area contributed by atoms with Gasteiger partial charge >= 0.3 is 0 Å². The third-order valence-corrected chi connectivity index (χ3v) is 5.64. The van der Waals surface area contributed by atoms with Gasteiger partial charge in [-0.25, -0.2) is 0 Å². The van der Waals surface area contributed by atoms with Gasteiger partial charge in [0.1, 0.15) is 5.75 Å². The number of para-hydroxylation sites is 2. The summed E-state index contributed by atoms with van der Waals surface area (Å²) in [7, 11) is 1.70. The van der Waals surface area contributed by atoms with Gasteiger partial charge in [-0.1, -0.05) is 18.2 Å². The van der Waals surface area contributed by atoms with Crippen molar-refractivity contribution in [2.24, 2.45) is 0 Å². The van der Waals surface area contributed by atoms with E-state index in [0.717, 1.165) is 56.9 Å². The highest BCUT2D eigenvalue weighted by Crippen LogP contribution is 2.28. The number of methoxy groups -OCH3 is 1. The van der Waals surface area contributed by atoms with Crippen LogP contribution in [0.1, 0.15) is 24.1 Å². The summed E-state index contributed by atoms with van der Waals surface area (Å²) >= 11 is 1.80. The van der Waals surface area contributed by atoms with E-state index in [1.807, 2.05) is 23.1 Å². The van der Waals surface area contributed by atoms with Gasteiger partial charge in [-0.3, -0.25) is 4.79 Å². The number of unbranched alkanes of at least 4 members (excludes halogenated alkanes) is 1. The molecule has 0 saturated carbocycles. The van der Waals surface area contributed by atoms with Gasteiger partial charge in [-0.15, -0.1) is 11.3 Å². The van der Waals surface area contributed by atoms with E-state index < -0.39 is 0 Å². The maximum Gasteiger partial charge on any atom is 0.222 e. The highest BCUT2D eigenvalue weighted by molar-refractivity contribution is 7.09. The summed E-state index contributed by atoms with van der Waals surface area (Å²) in [4.78, 5) is 18.1. The van der Waals surface area contributed by atoms with Crippen LogP contribution in [0, 0.1) is 0 Å². The predicted molar refractivity (Wildman–Crippen MR) is 104 cm³/mol. The van der Waals surface area contributed by atoms with Crippen LogP contribution in [-0.2, 0) is 11.2 Å². The number of carbonyl (C=O) groups is 1. The molecule has 0 N–H and O–H groups in total. The lowest BCUT2D eigenvalue weighted by Crippen LogP contribution is -2.48. The number of nitrogens with zero attached hydrogens (tertiary/aromatic N) is 2. The first-order chi connectivity index (χ1) is 12.3. The fraction of sp³-hybridized carbons (Fsp3) is 0.450. The second-order valence-electron chi connectivity index (χ2n) is 6.33. The van der Waals surface area contributed by atoms with Crippen LogP contribution in [0.2, 0.25) is 0 Å². The van der Waals surface area contributed by atoms with Crippen molar-refractivity contribution < 1.29 is 9.53 Å². The molecular weight excluding hydrogens is 332 g/mol. The van der Waals surface area contributed by atoms with E-state index in [0.29, 0.717) is 12.3 Å². The standard InChI is InChI=1S/C20H26N2O2S/c1-24-19-10-4-3-9-18(19)21-12-14-22(15-13-21)20(23)11-5-2-7-17-8-6-16-25-17/h3-4,6,8-10,16H,2,5,7,11-15H2,1H3. The molecule has 1 aliphatic rings. The monoisotopic (exact) mass is 358 g/mol. The Morgan fingerprint density at radius 1 is 1.08 bits per heavy atom. The molecule has 25 heavy (non-hydrogen) atoms. The van der Waals surface area contributed by atoms with Gasteiger partial charge in [0.15, 0.2) is 0 Å². The quantitative estimate of drug-likeness (QED) is 0.706. The zero-order chi connectivity index (χ0) is 17.5. The Morgan fingerprint density at radius 2 is 1.88 bits per heavy atom. The Labute approximate surface area is 154 Å². The number of rotatable bonds is 7. The average molecular weight is 359 g/mol. The molecule has 1 aromatic carbocycles. The summed E-state index contributed by atoms with van der Waals surface area (Å²) in [5, 5.41) is 2.11. The number of amides is 1. The molecule has 2 heterocycles. The Bertz CT molecular complexity index is 664. The number of aryl methyl sites for hydroxylation is 1. The van der Waals surface area contributed by atoms with E-state index in [4.69, 9.17) is 4.74 Å². The van der Waals surface area contributed by atoms with Crippen molar-refractivity contribution in [3.63, 3.8) is 0 Å². The van der Waals surface area contributed by atoms with Gasteiger partial charge in [0.2, 0.25) is 5.91 Å². The highest BCUT2D eigenvalue weighted by atomic mass is 32.1. The van der Waals surface area contributed by atoms with E-state index in [2.05, 4.69) is 28.5 Å². The Balaban J connectivity index is 1.41. The van der Waals surface area contributed by atoms with Crippen LogP contribution in [0.5, 0.6) is 5.75 Å². The first-order valence-corrected chi connectivity index (χ1v) is 9.84. The molecule has 1 aromatic heterocycles. The zero-order valence-corrected chi connectivity index (χ0v) is 15.6. The molecule has 1 aliphatic heterocycles.